The van der Waals surface area contributed by atoms with Gasteiger partial charge in [0.05, 0.1) is 15.0 Å². The molecule has 0 spiro atoms. The minimum absolute atomic E-state index is 0.316. The number of thiophene rings is 1. The summed E-state index contributed by atoms with van der Waals surface area (Å²) in [6, 6.07) is 6.14. The van der Waals surface area contributed by atoms with Crippen molar-refractivity contribution in [2.45, 2.75) is 51.8 Å². The maximum Gasteiger partial charge on any atom is 0.410 e. The van der Waals surface area contributed by atoms with Crippen molar-refractivity contribution in [1.29, 1.82) is 0 Å². The normalized spacial score (nSPS) is 18.7. The summed E-state index contributed by atoms with van der Waals surface area (Å²) < 4.78 is 33.5. The summed E-state index contributed by atoms with van der Waals surface area (Å²) >= 11 is 13.7. The minimum Gasteiger partial charge on any atom is -0.444 e. The molecule has 4 rings (SSSR count). The Bertz CT molecular complexity index is 1320. The van der Waals surface area contributed by atoms with Crippen LogP contribution < -0.4 is 9.62 Å². The van der Waals surface area contributed by atoms with Crippen LogP contribution in [0.2, 0.25) is 9.36 Å². The molecule has 1 atom stereocenters. The first kappa shape index (κ1) is 26.9. The molecular weight excluding hydrogens is 545 g/mol. The monoisotopic (exact) mass is 571 g/mol. The molecule has 0 unspecified atom stereocenters. The number of halogens is 2. The molecule has 0 aliphatic carbocycles. The Hall–Kier alpha value is -2.11. The van der Waals surface area contributed by atoms with Crippen molar-refractivity contribution in [3.05, 3.63) is 55.0 Å². The number of carbonyl (C=O) groups is 2. The Morgan fingerprint density at radius 2 is 1.94 bits per heavy atom. The molecule has 2 aliphatic heterocycles. The third-order valence-electron chi connectivity index (χ3n) is 5.74. The highest BCUT2D eigenvalue weighted by atomic mass is 35.5. The van der Waals surface area contributed by atoms with E-state index in [2.05, 4.69) is 4.72 Å². The maximum atomic E-state index is 13.1. The van der Waals surface area contributed by atoms with Crippen LogP contribution in [0.1, 0.15) is 43.2 Å². The number of anilines is 1. The molecule has 1 aromatic heterocycles. The Balaban J connectivity index is 1.44. The molecule has 0 bridgehead atoms. The van der Waals surface area contributed by atoms with Crippen LogP contribution in [-0.4, -0.2) is 50.1 Å². The van der Waals surface area contributed by atoms with Crippen LogP contribution in [0.4, 0.5) is 10.5 Å². The lowest BCUT2D eigenvalue weighted by Gasteiger charge is -2.32. The average Bonchev–Trinajstić information content (AvgIpc) is 3.35. The van der Waals surface area contributed by atoms with Gasteiger partial charge in [0.2, 0.25) is 15.9 Å². The second-order valence-corrected chi connectivity index (χ2v) is 13.4. The van der Waals surface area contributed by atoms with Gasteiger partial charge in [-0.1, -0.05) is 23.2 Å². The number of benzene rings is 1. The summed E-state index contributed by atoms with van der Waals surface area (Å²) in [7, 11) is -3.84. The second kappa shape index (κ2) is 10.3. The van der Waals surface area contributed by atoms with E-state index in [0.29, 0.717) is 52.4 Å². The zero-order valence-corrected chi connectivity index (χ0v) is 23.2. The molecule has 1 aromatic carbocycles. The predicted octanol–water partition coefficient (Wildman–Crippen LogP) is 5.04. The van der Waals surface area contributed by atoms with Gasteiger partial charge in [0.25, 0.3) is 0 Å². The molecule has 0 saturated carbocycles. The number of nitrogens with zero attached hydrogens (tertiary/aromatic N) is 2. The number of hydrogen-bond donors (Lipinski definition) is 1. The first-order valence-electron chi connectivity index (χ1n) is 11.4. The smallest absolute Gasteiger partial charge is 0.410 e. The van der Waals surface area contributed by atoms with Crippen LogP contribution in [0.15, 0.2) is 29.7 Å². The fourth-order valence-corrected chi connectivity index (χ4v) is 6.45. The Morgan fingerprint density at radius 1 is 1.19 bits per heavy atom. The number of fused-ring (bicyclic) bond motifs is 1. The Kier molecular flexibility index (Phi) is 7.73. The highest BCUT2D eigenvalue weighted by molar-refractivity contribution is 7.92. The van der Waals surface area contributed by atoms with Crippen molar-refractivity contribution >= 4 is 68.3 Å². The van der Waals surface area contributed by atoms with Gasteiger partial charge in [-0.05, 0) is 75.1 Å². The number of amides is 2. The van der Waals surface area contributed by atoms with Gasteiger partial charge in [-0.2, -0.15) is 4.72 Å². The predicted molar refractivity (Wildman–Crippen MR) is 143 cm³/mol. The summed E-state index contributed by atoms with van der Waals surface area (Å²) in [6.07, 6.45) is 1.97. The summed E-state index contributed by atoms with van der Waals surface area (Å²) in [5, 5.41) is 1.40. The van der Waals surface area contributed by atoms with Crippen LogP contribution in [0.25, 0.3) is 6.08 Å². The summed E-state index contributed by atoms with van der Waals surface area (Å²) in [5.41, 5.74) is 1.84. The number of carbonyl (C=O) groups excluding carboxylic acids is 2. The first-order chi connectivity index (χ1) is 16.8. The van der Waals surface area contributed by atoms with Gasteiger partial charge in [-0.15, -0.1) is 11.3 Å². The average molecular weight is 573 g/mol. The lowest BCUT2D eigenvalue weighted by molar-refractivity contribution is -0.118. The summed E-state index contributed by atoms with van der Waals surface area (Å²) in [6.45, 7) is 6.65. The standard InChI is InChI=1S/C24H27Cl2N3O5S2/c1-24(2,3)34-23(31)28-9-6-15-13-20(18(25)12-16(15)14-28)29-10-7-19(22(29)30)27-36(32,33)11-8-17-4-5-21(26)35-17/h4-5,8,11-13,19,27H,6-7,9-10,14H2,1-3H3/t19-/m0/s1. The van der Waals surface area contributed by atoms with Gasteiger partial charge >= 0.3 is 6.09 Å². The molecule has 2 amide bonds. The van der Waals surface area contributed by atoms with Crippen molar-refractivity contribution in [2.24, 2.45) is 0 Å². The van der Waals surface area contributed by atoms with Crippen LogP contribution in [0, 0.1) is 0 Å². The topological polar surface area (TPSA) is 96.0 Å². The zero-order chi connectivity index (χ0) is 26.3. The van der Waals surface area contributed by atoms with E-state index in [-0.39, 0.29) is 12.0 Å². The third kappa shape index (κ3) is 6.41. The minimum atomic E-state index is -3.84. The summed E-state index contributed by atoms with van der Waals surface area (Å²) in [4.78, 5) is 29.4. The maximum absolute atomic E-state index is 13.1. The van der Waals surface area contributed by atoms with E-state index >= 15 is 0 Å². The van der Waals surface area contributed by atoms with E-state index in [0.717, 1.165) is 16.5 Å². The lowest BCUT2D eigenvalue weighted by atomic mass is 9.99. The molecule has 1 fully saturated rings. The largest absolute Gasteiger partial charge is 0.444 e. The lowest BCUT2D eigenvalue weighted by Crippen LogP contribution is -2.41. The van der Waals surface area contributed by atoms with Crippen molar-refractivity contribution in [3.8, 4) is 0 Å². The number of sulfonamides is 1. The number of ether oxygens (including phenoxy) is 1. The molecule has 12 heteroatoms. The highest BCUT2D eigenvalue weighted by Crippen LogP contribution is 2.35. The van der Waals surface area contributed by atoms with Crippen LogP contribution in [0.3, 0.4) is 0 Å². The molecule has 194 valence electrons. The zero-order valence-electron chi connectivity index (χ0n) is 20.1. The molecule has 1 saturated heterocycles. The molecule has 36 heavy (non-hydrogen) atoms. The van der Waals surface area contributed by atoms with Gasteiger partial charge < -0.3 is 14.5 Å². The van der Waals surface area contributed by atoms with Gasteiger partial charge in [0.15, 0.2) is 0 Å². The molecular formula is C24H27Cl2N3O5S2. The molecule has 8 nitrogen and oxygen atoms in total. The van der Waals surface area contributed by atoms with Crippen LogP contribution in [0.5, 0.6) is 0 Å². The highest BCUT2D eigenvalue weighted by Gasteiger charge is 2.36. The van der Waals surface area contributed by atoms with E-state index in [1.807, 2.05) is 26.8 Å². The third-order valence-corrected chi connectivity index (χ3v) is 8.35. The van der Waals surface area contributed by atoms with Gasteiger partial charge in [0.1, 0.15) is 11.6 Å². The SMILES string of the molecule is CC(C)(C)OC(=O)N1CCc2cc(N3CC[C@H](NS(=O)(=O)C=Cc4ccc(Cl)s4)C3=O)c(Cl)cc2C1. The van der Waals surface area contributed by atoms with E-state index in [4.69, 9.17) is 27.9 Å². The van der Waals surface area contributed by atoms with Gasteiger partial charge in [0, 0.05) is 29.9 Å². The first-order valence-corrected chi connectivity index (χ1v) is 14.5. The molecule has 0 radical (unpaired) electrons. The fraction of sp³-hybridized carbons (Fsp3) is 0.417. The molecule has 3 heterocycles. The van der Waals surface area contributed by atoms with Crippen molar-refractivity contribution in [1.82, 2.24) is 9.62 Å². The molecule has 2 aliphatic rings. The van der Waals surface area contributed by atoms with Crippen molar-refractivity contribution < 1.29 is 22.7 Å². The van der Waals surface area contributed by atoms with E-state index in [9.17, 15) is 18.0 Å². The van der Waals surface area contributed by atoms with E-state index < -0.39 is 21.7 Å². The number of rotatable bonds is 5. The van der Waals surface area contributed by atoms with Gasteiger partial charge in [-0.25, -0.2) is 13.2 Å². The molecule has 2 aromatic rings. The van der Waals surface area contributed by atoms with Crippen LogP contribution >= 0.6 is 34.5 Å². The number of nitrogens with one attached hydrogen (secondary N) is 1. The van der Waals surface area contributed by atoms with E-state index in [1.54, 1.807) is 23.1 Å². The second-order valence-electron chi connectivity index (χ2n) is 9.66. The number of hydrogen-bond acceptors (Lipinski definition) is 6. The van der Waals surface area contributed by atoms with Gasteiger partial charge in [-0.3, -0.25) is 4.79 Å². The molecule has 1 N–H and O–H groups in total. The van der Waals surface area contributed by atoms with Crippen molar-refractivity contribution in [2.75, 3.05) is 18.0 Å². The Morgan fingerprint density at radius 3 is 2.61 bits per heavy atom. The van der Waals surface area contributed by atoms with Crippen LogP contribution in [-0.2, 0) is 32.5 Å². The summed E-state index contributed by atoms with van der Waals surface area (Å²) in [5.74, 6) is -0.362. The van der Waals surface area contributed by atoms with E-state index in [1.165, 1.54) is 22.3 Å². The fourth-order valence-electron chi connectivity index (χ4n) is 4.10. The Labute approximate surface area is 224 Å². The van der Waals surface area contributed by atoms with Crippen molar-refractivity contribution in [3.63, 3.8) is 0 Å². The quantitative estimate of drug-likeness (QED) is 0.542.